The van der Waals surface area contributed by atoms with Crippen LogP contribution in [0, 0.1) is 11.8 Å². The smallest absolute Gasteiger partial charge is 0.388 e. The van der Waals surface area contributed by atoms with Crippen LogP contribution in [0.15, 0.2) is 34.9 Å². The molecule has 6 nitrogen and oxygen atoms in total. The zero-order valence-electron chi connectivity index (χ0n) is 15.2. The molecule has 0 saturated heterocycles. The van der Waals surface area contributed by atoms with Crippen LogP contribution in [0.25, 0.3) is 0 Å². The second kappa shape index (κ2) is 8.81. The van der Waals surface area contributed by atoms with Gasteiger partial charge in [0.1, 0.15) is 5.69 Å². The average Bonchev–Trinajstić information content (AvgIpc) is 2.99. The lowest BCUT2D eigenvalue weighted by Gasteiger charge is -2.29. The van der Waals surface area contributed by atoms with E-state index in [0.29, 0.717) is 18.4 Å². The first-order valence-corrected chi connectivity index (χ1v) is 9.73. The van der Waals surface area contributed by atoms with Crippen molar-refractivity contribution in [3.05, 3.63) is 40.5 Å². The van der Waals surface area contributed by atoms with Gasteiger partial charge in [-0.1, -0.05) is 40.9 Å². The molecule has 2 aromatic rings. The number of ether oxygens (including phenoxy) is 1. The third-order valence-corrected chi connectivity index (χ3v) is 5.35. The van der Waals surface area contributed by atoms with Crippen LogP contribution in [0.4, 0.5) is 14.5 Å². The van der Waals surface area contributed by atoms with Gasteiger partial charge in [0.05, 0.1) is 6.20 Å². The number of amides is 1. The summed E-state index contributed by atoms with van der Waals surface area (Å²) in [5.41, 5.74) is 0.615. The fraction of sp³-hybridized carbons (Fsp3) is 0.421. The molecule has 1 saturated carbocycles. The molecular weight excluding hydrogens is 436 g/mol. The molecule has 0 bridgehead atoms. The van der Waals surface area contributed by atoms with Crippen LogP contribution in [0.2, 0.25) is 0 Å². The number of ketones is 1. The van der Waals surface area contributed by atoms with Gasteiger partial charge in [-0.25, -0.2) is 0 Å². The number of hydrogen-bond acceptors (Lipinski definition) is 4. The summed E-state index contributed by atoms with van der Waals surface area (Å²) in [6, 6.07) is 7.03. The predicted octanol–water partition coefficient (Wildman–Crippen LogP) is 4.41. The zero-order chi connectivity index (χ0) is 20.3. The van der Waals surface area contributed by atoms with Gasteiger partial charge < -0.3 is 10.1 Å². The summed E-state index contributed by atoms with van der Waals surface area (Å²) in [7, 11) is 1.54. The van der Waals surface area contributed by atoms with Crippen LogP contribution in [0.1, 0.15) is 36.0 Å². The van der Waals surface area contributed by atoms with Gasteiger partial charge in [-0.3, -0.25) is 14.3 Å². The first-order chi connectivity index (χ1) is 13.3. The van der Waals surface area contributed by atoms with Gasteiger partial charge in [0, 0.05) is 28.9 Å². The van der Waals surface area contributed by atoms with Crippen LogP contribution < -0.4 is 10.1 Å². The van der Waals surface area contributed by atoms with Crippen molar-refractivity contribution in [2.24, 2.45) is 18.9 Å². The molecule has 0 unspecified atom stereocenters. The standard InChI is InChI=1S/C19H20BrF2N3O3/c1-25-10-15(18(24-25)28-19(21)22)23-17(27)14-5-3-2-4-13(14)16(26)11-6-8-12(20)9-7-11/h6-10,13-14,19H,2-5H2,1H3,(H,23,27)/t13-,14-/m1/s1. The molecule has 1 heterocycles. The van der Waals surface area contributed by atoms with E-state index < -0.39 is 18.4 Å². The number of aromatic nitrogens is 2. The third kappa shape index (κ3) is 4.76. The van der Waals surface area contributed by atoms with Crippen molar-refractivity contribution in [3.8, 4) is 5.88 Å². The van der Waals surface area contributed by atoms with Crippen LogP contribution in [-0.4, -0.2) is 28.1 Å². The molecule has 1 aliphatic carbocycles. The van der Waals surface area contributed by atoms with Crippen molar-refractivity contribution in [3.63, 3.8) is 0 Å². The fourth-order valence-corrected chi connectivity index (χ4v) is 3.80. The second-order valence-corrected chi connectivity index (χ2v) is 7.67. The van der Waals surface area contributed by atoms with Gasteiger partial charge in [-0.15, -0.1) is 5.10 Å². The Kier molecular flexibility index (Phi) is 6.43. The first-order valence-electron chi connectivity index (χ1n) is 8.94. The number of hydrogen-bond donors (Lipinski definition) is 1. The maximum atomic E-state index is 13.0. The number of benzene rings is 1. The molecule has 1 aromatic heterocycles. The number of halogens is 3. The second-order valence-electron chi connectivity index (χ2n) is 6.76. The van der Waals surface area contributed by atoms with Crippen molar-refractivity contribution in [1.29, 1.82) is 0 Å². The van der Waals surface area contributed by atoms with E-state index in [9.17, 15) is 18.4 Å². The molecule has 28 heavy (non-hydrogen) atoms. The molecule has 150 valence electrons. The first kappa shape index (κ1) is 20.4. The van der Waals surface area contributed by atoms with E-state index in [-0.39, 0.29) is 23.3 Å². The number of anilines is 1. The molecule has 1 aliphatic rings. The summed E-state index contributed by atoms with van der Waals surface area (Å²) < 4.78 is 31.6. The Morgan fingerprint density at radius 2 is 1.86 bits per heavy atom. The number of nitrogens with zero attached hydrogens (tertiary/aromatic N) is 2. The van der Waals surface area contributed by atoms with Crippen molar-refractivity contribution in [2.45, 2.75) is 32.3 Å². The van der Waals surface area contributed by atoms with E-state index >= 15 is 0 Å². The number of Topliss-reactive ketones (excluding diaryl/α,β-unsaturated/α-hetero) is 1. The van der Waals surface area contributed by atoms with Crippen LogP contribution in [-0.2, 0) is 11.8 Å². The van der Waals surface area contributed by atoms with E-state index in [1.54, 1.807) is 24.3 Å². The van der Waals surface area contributed by atoms with Gasteiger partial charge in [0.25, 0.3) is 5.88 Å². The molecule has 1 N–H and O–H groups in total. The lowest BCUT2D eigenvalue weighted by atomic mass is 9.75. The lowest BCUT2D eigenvalue weighted by molar-refractivity contribution is -0.122. The van der Waals surface area contributed by atoms with Crippen molar-refractivity contribution < 1.29 is 23.1 Å². The average molecular weight is 456 g/mol. The van der Waals surface area contributed by atoms with Gasteiger partial charge >= 0.3 is 6.61 Å². The zero-order valence-corrected chi connectivity index (χ0v) is 16.8. The minimum atomic E-state index is -3.05. The summed E-state index contributed by atoms with van der Waals surface area (Å²) in [6.45, 7) is -3.05. The Labute approximate surface area is 169 Å². The largest absolute Gasteiger partial charge is 0.413 e. The Morgan fingerprint density at radius 1 is 1.21 bits per heavy atom. The van der Waals surface area contributed by atoms with Crippen molar-refractivity contribution in [1.82, 2.24) is 9.78 Å². The molecule has 0 spiro atoms. The molecule has 0 aliphatic heterocycles. The van der Waals surface area contributed by atoms with Gasteiger partial charge in [-0.2, -0.15) is 8.78 Å². The van der Waals surface area contributed by atoms with Crippen molar-refractivity contribution >= 4 is 33.3 Å². The molecule has 2 atom stereocenters. The monoisotopic (exact) mass is 455 g/mol. The summed E-state index contributed by atoms with van der Waals surface area (Å²) in [5, 5.41) is 6.40. The van der Waals surface area contributed by atoms with E-state index in [2.05, 4.69) is 31.1 Å². The maximum absolute atomic E-state index is 13.0. The molecule has 1 amide bonds. The Balaban J connectivity index is 1.77. The summed E-state index contributed by atoms with van der Waals surface area (Å²) >= 11 is 3.34. The Bertz CT molecular complexity index is 855. The topological polar surface area (TPSA) is 73.2 Å². The quantitative estimate of drug-likeness (QED) is 0.654. The van der Waals surface area contributed by atoms with E-state index in [1.165, 1.54) is 17.9 Å². The molecular formula is C19H20BrF2N3O3. The summed E-state index contributed by atoms with van der Waals surface area (Å²) in [5.74, 6) is -1.81. The number of aryl methyl sites for hydroxylation is 1. The minimum Gasteiger partial charge on any atom is -0.413 e. The van der Waals surface area contributed by atoms with Crippen LogP contribution >= 0.6 is 15.9 Å². The molecule has 0 radical (unpaired) electrons. The van der Waals surface area contributed by atoms with E-state index in [1.807, 2.05) is 0 Å². The normalized spacial score (nSPS) is 19.5. The number of nitrogens with one attached hydrogen (secondary N) is 1. The number of rotatable bonds is 6. The fourth-order valence-electron chi connectivity index (χ4n) is 3.54. The number of carbonyl (C=O) groups excluding carboxylic acids is 2. The molecule has 9 heteroatoms. The van der Waals surface area contributed by atoms with Crippen LogP contribution in [0.5, 0.6) is 5.88 Å². The van der Waals surface area contributed by atoms with Crippen molar-refractivity contribution in [2.75, 3.05) is 5.32 Å². The Morgan fingerprint density at radius 3 is 2.50 bits per heavy atom. The highest BCUT2D eigenvalue weighted by atomic mass is 79.9. The van der Waals surface area contributed by atoms with Crippen LogP contribution in [0.3, 0.4) is 0 Å². The van der Waals surface area contributed by atoms with Gasteiger partial charge in [-0.05, 0) is 25.0 Å². The van der Waals surface area contributed by atoms with E-state index in [4.69, 9.17) is 0 Å². The highest BCUT2D eigenvalue weighted by molar-refractivity contribution is 9.10. The highest BCUT2D eigenvalue weighted by Gasteiger charge is 2.36. The molecule has 1 aromatic carbocycles. The highest BCUT2D eigenvalue weighted by Crippen LogP contribution is 2.34. The third-order valence-electron chi connectivity index (χ3n) is 4.82. The van der Waals surface area contributed by atoms with Gasteiger partial charge in [0.2, 0.25) is 5.91 Å². The number of alkyl halides is 2. The van der Waals surface area contributed by atoms with Gasteiger partial charge in [0.15, 0.2) is 5.78 Å². The summed E-state index contributed by atoms with van der Waals surface area (Å²) in [6.07, 6.45) is 4.26. The van der Waals surface area contributed by atoms with E-state index in [0.717, 1.165) is 17.3 Å². The predicted molar refractivity (Wildman–Crippen MR) is 102 cm³/mol. The summed E-state index contributed by atoms with van der Waals surface area (Å²) in [4.78, 5) is 25.8. The SMILES string of the molecule is Cn1cc(NC(=O)[C@@H]2CCCC[C@H]2C(=O)c2ccc(Br)cc2)c(OC(F)F)n1. The molecule has 1 fully saturated rings. The lowest BCUT2D eigenvalue weighted by Crippen LogP contribution is -2.36. The maximum Gasteiger partial charge on any atom is 0.388 e. The molecule has 3 rings (SSSR count). The minimum absolute atomic E-state index is 0.0632. The Hall–Kier alpha value is -2.29. The number of carbonyl (C=O) groups is 2.